The molecule has 1 unspecified atom stereocenters. The maximum Gasteiger partial charge on any atom is 0.0605 e. The SMILES string of the molecule is C[C@H](NC1CCc2cccnc21)C1CCCCCC1. The van der Waals surface area contributed by atoms with Crippen molar-refractivity contribution in [3.8, 4) is 0 Å². The van der Waals surface area contributed by atoms with Crippen molar-refractivity contribution in [2.24, 2.45) is 5.92 Å². The van der Waals surface area contributed by atoms with Gasteiger partial charge in [-0.2, -0.15) is 0 Å². The Labute approximate surface area is 117 Å². The van der Waals surface area contributed by atoms with E-state index in [9.17, 15) is 0 Å². The zero-order chi connectivity index (χ0) is 13.1. The van der Waals surface area contributed by atoms with Gasteiger partial charge in [0.1, 0.15) is 0 Å². The molecule has 1 saturated carbocycles. The summed E-state index contributed by atoms with van der Waals surface area (Å²) in [6.07, 6.45) is 12.9. The first kappa shape index (κ1) is 13.1. The Balaban J connectivity index is 1.62. The van der Waals surface area contributed by atoms with Crippen molar-refractivity contribution in [2.45, 2.75) is 70.4 Å². The normalized spacial score (nSPS) is 25.8. The maximum atomic E-state index is 4.59. The number of hydrogen-bond donors (Lipinski definition) is 1. The average Bonchev–Trinajstić information content (AvgIpc) is 2.66. The first-order valence-electron chi connectivity index (χ1n) is 8.04. The standard InChI is InChI=1S/C17H26N2/c1-13(14-7-4-2-3-5-8-14)19-16-11-10-15-9-6-12-18-17(15)16/h6,9,12-14,16,19H,2-5,7-8,10-11H2,1H3/t13-,16?/m0/s1. The Hall–Kier alpha value is -0.890. The minimum absolute atomic E-state index is 0.495. The van der Waals surface area contributed by atoms with Crippen LogP contribution in [0.25, 0.3) is 0 Å². The van der Waals surface area contributed by atoms with Crippen molar-refractivity contribution in [3.63, 3.8) is 0 Å². The molecule has 2 heteroatoms. The average molecular weight is 258 g/mol. The van der Waals surface area contributed by atoms with Crippen molar-refractivity contribution >= 4 is 0 Å². The zero-order valence-corrected chi connectivity index (χ0v) is 12.1. The molecular weight excluding hydrogens is 232 g/mol. The van der Waals surface area contributed by atoms with E-state index in [0.29, 0.717) is 12.1 Å². The number of fused-ring (bicyclic) bond motifs is 1. The quantitative estimate of drug-likeness (QED) is 0.828. The van der Waals surface area contributed by atoms with Gasteiger partial charge in [-0.05, 0) is 50.2 Å². The Morgan fingerprint density at radius 1 is 1.16 bits per heavy atom. The highest BCUT2D eigenvalue weighted by Gasteiger charge is 2.27. The smallest absolute Gasteiger partial charge is 0.0605 e. The number of hydrogen-bond acceptors (Lipinski definition) is 2. The van der Waals surface area contributed by atoms with Crippen LogP contribution in [0.2, 0.25) is 0 Å². The van der Waals surface area contributed by atoms with Gasteiger partial charge in [-0.3, -0.25) is 4.98 Å². The van der Waals surface area contributed by atoms with Crippen molar-refractivity contribution in [1.29, 1.82) is 0 Å². The predicted molar refractivity (Wildman–Crippen MR) is 79.1 cm³/mol. The Kier molecular flexibility index (Phi) is 4.17. The molecule has 0 aliphatic heterocycles. The van der Waals surface area contributed by atoms with Gasteiger partial charge in [0.2, 0.25) is 0 Å². The van der Waals surface area contributed by atoms with Crippen LogP contribution in [0.3, 0.4) is 0 Å². The van der Waals surface area contributed by atoms with Gasteiger partial charge < -0.3 is 5.32 Å². The van der Waals surface area contributed by atoms with Crippen molar-refractivity contribution in [1.82, 2.24) is 10.3 Å². The minimum atomic E-state index is 0.495. The minimum Gasteiger partial charge on any atom is -0.306 e. The molecule has 2 aliphatic carbocycles. The molecule has 0 radical (unpaired) electrons. The third kappa shape index (κ3) is 3.00. The van der Waals surface area contributed by atoms with Gasteiger partial charge >= 0.3 is 0 Å². The van der Waals surface area contributed by atoms with Crippen molar-refractivity contribution in [3.05, 3.63) is 29.6 Å². The van der Waals surface area contributed by atoms with Gasteiger partial charge in [0.25, 0.3) is 0 Å². The van der Waals surface area contributed by atoms with Crippen LogP contribution < -0.4 is 5.32 Å². The van der Waals surface area contributed by atoms with Crippen LogP contribution in [0.1, 0.15) is 69.2 Å². The highest BCUT2D eigenvalue weighted by Crippen LogP contribution is 2.32. The summed E-state index contributed by atoms with van der Waals surface area (Å²) in [5.41, 5.74) is 2.76. The Bertz CT molecular complexity index is 407. The number of aromatic nitrogens is 1. The van der Waals surface area contributed by atoms with E-state index in [-0.39, 0.29) is 0 Å². The second-order valence-electron chi connectivity index (χ2n) is 6.35. The summed E-state index contributed by atoms with van der Waals surface area (Å²) >= 11 is 0. The molecule has 2 aliphatic rings. The van der Waals surface area contributed by atoms with Gasteiger partial charge in [-0.25, -0.2) is 0 Å². The molecule has 104 valence electrons. The van der Waals surface area contributed by atoms with E-state index in [0.717, 1.165) is 5.92 Å². The van der Waals surface area contributed by atoms with E-state index in [1.165, 1.54) is 62.6 Å². The fourth-order valence-corrected chi connectivity index (χ4v) is 3.84. The molecule has 2 atom stereocenters. The molecule has 0 spiro atoms. The van der Waals surface area contributed by atoms with E-state index in [2.05, 4.69) is 29.4 Å². The highest BCUT2D eigenvalue weighted by molar-refractivity contribution is 5.28. The van der Waals surface area contributed by atoms with Gasteiger partial charge in [0.15, 0.2) is 0 Å². The molecule has 0 bridgehead atoms. The van der Waals surface area contributed by atoms with Gasteiger partial charge in [0, 0.05) is 12.2 Å². The summed E-state index contributed by atoms with van der Waals surface area (Å²) in [6, 6.07) is 5.43. The Morgan fingerprint density at radius 3 is 2.74 bits per heavy atom. The van der Waals surface area contributed by atoms with Gasteiger partial charge in [-0.1, -0.05) is 31.7 Å². The summed E-state index contributed by atoms with van der Waals surface area (Å²) in [5, 5.41) is 3.87. The summed E-state index contributed by atoms with van der Waals surface area (Å²) in [5.74, 6) is 0.871. The van der Waals surface area contributed by atoms with E-state index >= 15 is 0 Å². The molecule has 19 heavy (non-hydrogen) atoms. The highest BCUT2D eigenvalue weighted by atomic mass is 15.0. The molecule has 1 aromatic rings. The number of nitrogens with zero attached hydrogens (tertiary/aromatic N) is 1. The summed E-state index contributed by atoms with van der Waals surface area (Å²) in [7, 11) is 0. The van der Waals surface area contributed by atoms with Crippen LogP contribution in [0.15, 0.2) is 18.3 Å². The Morgan fingerprint density at radius 2 is 1.95 bits per heavy atom. The number of rotatable bonds is 3. The summed E-state index contributed by atoms with van der Waals surface area (Å²) < 4.78 is 0. The van der Waals surface area contributed by atoms with Crippen LogP contribution in [-0.4, -0.2) is 11.0 Å². The number of pyridine rings is 1. The van der Waals surface area contributed by atoms with Crippen LogP contribution >= 0.6 is 0 Å². The maximum absolute atomic E-state index is 4.59. The summed E-state index contributed by atoms with van der Waals surface area (Å²) in [4.78, 5) is 4.59. The zero-order valence-electron chi connectivity index (χ0n) is 12.1. The molecule has 1 heterocycles. The lowest BCUT2D eigenvalue weighted by atomic mass is 9.92. The topological polar surface area (TPSA) is 24.9 Å². The first-order chi connectivity index (χ1) is 9.34. The largest absolute Gasteiger partial charge is 0.306 e. The van der Waals surface area contributed by atoms with E-state index in [1.54, 1.807) is 0 Å². The van der Waals surface area contributed by atoms with Crippen molar-refractivity contribution in [2.75, 3.05) is 0 Å². The van der Waals surface area contributed by atoms with E-state index < -0.39 is 0 Å². The third-order valence-electron chi connectivity index (χ3n) is 5.03. The van der Waals surface area contributed by atoms with E-state index in [1.807, 2.05) is 6.20 Å². The number of nitrogens with one attached hydrogen (secondary N) is 1. The first-order valence-corrected chi connectivity index (χ1v) is 8.04. The van der Waals surface area contributed by atoms with Gasteiger partial charge in [-0.15, -0.1) is 0 Å². The molecule has 3 rings (SSSR count). The van der Waals surface area contributed by atoms with Crippen LogP contribution in [-0.2, 0) is 6.42 Å². The van der Waals surface area contributed by atoms with Crippen LogP contribution in [0.4, 0.5) is 0 Å². The molecule has 0 amide bonds. The van der Waals surface area contributed by atoms with E-state index in [4.69, 9.17) is 0 Å². The molecule has 1 aromatic heterocycles. The second-order valence-corrected chi connectivity index (χ2v) is 6.35. The van der Waals surface area contributed by atoms with Crippen molar-refractivity contribution < 1.29 is 0 Å². The molecule has 1 fully saturated rings. The monoisotopic (exact) mass is 258 g/mol. The lowest BCUT2D eigenvalue weighted by Gasteiger charge is -2.27. The van der Waals surface area contributed by atoms with Gasteiger partial charge in [0.05, 0.1) is 11.7 Å². The fraction of sp³-hybridized carbons (Fsp3) is 0.706. The summed E-state index contributed by atoms with van der Waals surface area (Å²) in [6.45, 7) is 2.39. The molecular formula is C17H26N2. The second kappa shape index (κ2) is 6.04. The molecule has 0 saturated heterocycles. The predicted octanol–water partition coefficient (Wildman–Crippen LogP) is 4.02. The number of aryl methyl sites for hydroxylation is 1. The lowest BCUT2D eigenvalue weighted by Crippen LogP contribution is -2.35. The molecule has 2 nitrogen and oxygen atoms in total. The molecule has 0 aromatic carbocycles. The third-order valence-corrected chi connectivity index (χ3v) is 5.03. The lowest BCUT2D eigenvalue weighted by molar-refractivity contribution is 0.307. The molecule has 1 N–H and O–H groups in total. The van der Waals surface area contributed by atoms with Crippen LogP contribution in [0.5, 0.6) is 0 Å². The fourth-order valence-electron chi connectivity index (χ4n) is 3.84. The van der Waals surface area contributed by atoms with Crippen LogP contribution in [0, 0.1) is 5.92 Å².